The summed E-state index contributed by atoms with van der Waals surface area (Å²) in [6, 6.07) is 4.23. The van der Waals surface area contributed by atoms with Crippen LogP contribution >= 0.6 is 11.3 Å². The molecule has 0 spiro atoms. The van der Waals surface area contributed by atoms with Crippen LogP contribution in [0.25, 0.3) is 0 Å². The van der Waals surface area contributed by atoms with Crippen LogP contribution in [-0.2, 0) is 18.4 Å². The van der Waals surface area contributed by atoms with Crippen LogP contribution in [0.4, 0.5) is 0 Å². The molecule has 5 heteroatoms. The summed E-state index contributed by atoms with van der Waals surface area (Å²) in [6.45, 7) is 7.64. The highest BCUT2D eigenvalue weighted by atomic mass is 32.1. The number of hydrogen-bond donors (Lipinski definition) is 0. The van der Waals surface area contributed by atoms with Gasteiger partial charge in [0.15, 0.2) is 5.82 Å². The highest BCUT2D eigenvalue weighted by Crippen LogP contribution is 2.19. The molecular weight excluding hydrogens is 280 g/mol. The normalized spacial score (nSPS) is 12.3. The molecule has 0 N–H and O–H groups in total. The summed E-state index contributed by atoms with van der Waals surface area (Å²) in [5.74, 6) is 2.04. The summed E-state index contributed by atoms with van der Waals surface area (Å²) >= 11 is 1.77. The average Bonchev–Trinajstić information content (AvgIpc) is 2.98. The van der Waals surface area contributed by atoms with Gasteiger partial charge in [-0.25, -0.2) is 9.67 Å². The second-order valence-corrected chi connectivity index (χ2v) is 7.72. The van der Waals surface area contributed by atoms with Gasteiger partial charge in [0.25, 0.3) is 0 Å². The van der Waals surface area contributed by atoms with Crippen LogP contribution in [0, 0.1) is 0 Å². The first-order valence-electron chi connectivity index (χ1n) is 7.48. The molecule has 2 aromatic rings. The third-order valence-corrected chi connectivity index (χ3v) is 4.15. The number of thiophene rings is 1. The van der Waals surface area contributed by atoms with Crippen molar-refractivity contribution in [1.82, 2.24) is 19.7 Å². The molecule has 0 unspecified atom stereocenters. The molecule has 0 fully saturated rings. The lowest BCUT2D eigenvalue weighted by molar-refractivity contribution is 0.334. The third kappa shape index (κ3) is 4.64. The Morgan fingerprint density at radius 3 is 2.62 bits per heavy atom. The molecule has 4 nitrogen and oxygen atoms in total. The summed E-state index contributed by atoms with van der Waals surface area (Å²) < 4.78 is 2.10. The van der Waals surface area contributed by atoms with E-state index < -0.39 is 0 Å². The Morgan fingerprint density at radius 2 is 2.05 bits per heavy atom. The minimum atomic E-state index is -0.0197. The van der Waals surface area contributed by atoms with Gasteiger partial charge in [-0.1, -0.05) is 6.07 Å². The first kappa shape index (κ1) is 16.2. The monoisotopic (exact) mass is 306 g/mol. The number of rotatable bonds is 6. The molecule has 0 radical (unpaired) electrons. The Balaban J connectivity index is 2.15. The van der Waals surface area contributed by atoms with E-state index in [9.17, 15) is 0 Å². The summed E-state index contributed by atoms with van der Waals surface area (Å²) in [5, 5.41) is 6.86. The molecule has 0 aliphatic rings. The van der Waals surface area contributed by atoms with E-state index in [-0.39, 0.29) is 5.54 Å². The van der Waals surface area contributed by atoms with Gasteiger partial charge in [-0.3, -0.25) is 0 Å². The standard InChI is InChI=1S/C16H26N4S/c1-16(2,3)20-15(9-6-10-19(4)5)17-14(18-20)12-13-8-7-11-21-13/h7-8,11H,6,9-10,12H2,1-5H3. The zero-order chi connectivity index (χ0) is 15.5. The first-order chi connectivity index (χ1) is 9.86. The first-order valence-corrected chi connectivity index (χ1v) is 8.36. The lowest BCUT2D eigenvalue weighted by Gasteiger charge is -2.21. The van der Waals surface area contributed by atoms with E-state index in [1.165, 1.54) is 4.88 Å². The molecular formula is C16H26N4S. The van der Waals surface area contributed by atoms with Gasteiger partial charge in [0, 0.05) is 17.7 Å². The van der Waals surface area contributed by atoms with Gasteiger partial charge < -0.3 is 4.90 Å². The van der Waals surface area contributed by atoms with Crippen LogP contribution < -0.4 is 0 Å². The van der Waals surface area contributed by atoms with Crippen LogP contribution in [0.2, 0.25) is 0 Å². The van der Waals surface area contributed by atoms with Crippen molar-refractivity contribution in [2.45, 2.75) is 45.6 Å². The highest BCUT2D eigenvalue weighted by molar-refractivity contribution is 7.09. The second-order valence-electron chi connectivity index (χ2n) is 6.69. The van der Waals surface area contributed by atoms with Gasteiger partial charge in [0.05, 0.1) is 5.54 Å². The van der Waals surface area contributed by atoms with E-state index in [2.05, 4.69) is 62.0 Å². The fourth-order valence-corrected chi connectivity index (χ4v) is 2.99. The average molecular weight is 306 g/mol. The van der Waals surface area contributed by atoms with Crippen molar-refractivity contribution in [3.05, 3.63) is 34.0 Å². The van der Waals surface area contributed by atoms with Crippen LogP contribution in [0.15, 0.2) is 17.5 Å². The minimum Gasteiger partial charge on any atom is -0.309 e. The maximum Gasteiger partial charge on any atom is 0.156 e. The van der Waals surface area contributed by atoms with Crippen LogP contribution in [0.1, 0.15) is 43.7 Å². The Kier molecular flexibility index (Phi) is 5.17. The van der Waals surface area contributed by atoms with Gasteiger partial charge in [-0.05, 0) is 59.3 Å². The molecule has 0 amide bonds. The third-order valence-electron chi connectivity index (χ3n) is 3.27. The molecule has 116 valence electrons. The lowest BCUT2D eigenvalue weighted by atomic mass is 10.1. The molecule has 21 heavy (non-hydrogen) atoms. The predicted octanol–water partition coefficient (Wildman–Crippen LogP) is 3.18. The summed E-state index contributed by atoms with van der Waals surface area (Å²) in [4.78, 5) is 8.32. The van der Waals surface area contributed by atoms with Gasteiger partial charge in [0.1, 0.15) is 5.82 Å². The van der Waals surface area contributed by atoms with Gasteiger partial charge in [-0.2, -0.15) is 5.10 Å². The summed E-state index contributed by atoms with van der Waals surface area (Å²) in [7, 11) is 4.22. The number of aromatic nitrogens is 3. The topological polar surface area (TPSA) is 34.0 Å². The maximum absolute atomic E-state index is 4.79. The molecule has 0 aromatic carbocycles. The summed E-state index contributed by atoms with van der Waals surface area (Å²) in [5.41, 5.74) is -0.0197. The van der Waals surface area contributed by atoms with Gasteiger partial charge >= 0.3 is 0 Å². The van der Waals surface area contributed by atoms with Gasteiger partial charge in [-0.15, -0.1) is 11.3 Å². The van der Waals surface area contributed by atoms with E-state index in [0.29, 0.717) is 0 Å². The molecule has 0 saturated heterocycles. The van der Waals surface area contributed by atoms with E-state index in [4.69, 9.17) is 10.1 Å². The lowest BCUT2D eigenvalue weighted by Crippen LogP contribution is -2.26. The SMILES string of the molecule is CN(C)CCCc1nc(Cc2cccs2)nn1C(C)(C)C. The van der Waals surface area contributed by atoms with E-state index in [1.54, 1.807) is 11.3 Å². The summed E-state index contributed by atoms with van der Waals surface area (Å²) in [6.07, 6.45) is 2.93. The largest absolute Gasteiger partial charge is 0.309 e. The molecule has 0 aliphatic heterocycles. The fourth-order valence-electron chi connectivity index (χ4n) is 2.29. The van der Waals surface area contributed by atoms with Crippen LogP contribution in [0.3, 0.4) is 0 Å². The molecule has 0 aliphatic carbocycles. The molecule has 0 bridgehead atoms. The maximum atomic E-state index is 4.79. The minimum absolute atomic E-state index is 0.0197. The van der Waals surface area contributed by atoms with Crippen molar-refractivity contribution < 1.29 is 0 Å². The molecule has 2 aromatic heterocycles. The number of aryl methyl sites for hydroxylation is 1. The molecule has 0 saturated carbocycles. The van der Waals surface area contributed by atoms with E-state index in [0.717, 1.165) is 37.5 Å². The zero-order valence-corrected chi connectivity index (χ0v) is 14.6. The molecule has 2 rings (SSSR count). The Labute approximate surface area is 131 Å². The Bertz CT molecular complexity index is 549. The van der Waals surface area contributed by atoms with Crippen molar-refractivity contribution in [3.8, 4) is 0 Å². The zero-order valence-electron chi connectivity index (χ0n) is 13.8. The molecule has 0 atom stereocenters. The van der Waals surface area contributed by atoms with Gasteiger partial charge in [0.2, 0.25) is 0 Å². The molecule has 2 heterocycles. The Morgan fingerprint density at radius 1 is 1.29 bits per heavy atom. The number of nitrogens with zero attached hydrogens (tertiary/aromatic N) is 4. The van der Waals surface area contributed by atoms with Crippen LogP contribution in [0.5, 0.6) is 0 Å². The highest BCUT2D eigenvalue weighted by Gasteiger charge is 2.20. The van der Waals surface area contributed by atoms with Crippen LogP contribution in [-0.4, -0.2) is 40.3 Å². The van der Waals surface area contributed by atoms with Crippen molar-refractivity contribution in [2.75, 3.05) is 20.6 Å². The smallest absolute Gasteiger partial charge is 0.156 e. The second kappa shape index (κ2) is 6.71. The van der Waals surface area contributed by atoms with Crippen molar-refractivity contribution >= 4 is 11.3 Å². The van der Waals surface area contributed by atoms with E-state index >= 15 is 0 Å². The Hall–Kier alpha value is -1.20. The van der Waals surface area contributed by atoms with Crippen molar-refractivity contribution in [2.24, 2.45) is 0 Å². The van der Waals surface area contributed by atoms with Crippen molar-refractivity contribution in [3.63, 3.8) is 0 Å². The number of hydrogen-bond acceptors (Lipinski definition) is 4. The fraction of sp³-hybridized carbons (Fsp3) is 0.625. The quantitative estimate of drug-likeness (QED) is 0.822. The van der Waals surface area contributed by atoms with Crippen molar-refractivity contribution in [1.29, 1.82) is 0 Å². The van der Waals surface area contributed by atoms with E-state index in [1.807, 2.05) is 0 Å². The predicted molar refractivity (Wildman–Crippen MR) is 89.0 cm³/mol.